The molecular formula is C62H41NO. The van der Waals surface area contributed by atoms with Crippen LogP contribution in [0.15, 0.2) is 217 Å². The minimum absolute atomic E-state index is 0.257. The second kappa shape index (κ2) is 12.8. The van der Waals surface area contributed by atoms with E-state index >= 15 is 0 Å². The van der Waals surface area contributed by atoms with Crippen molar-refractivity contribution in [1.82, 2.24) is 0 Å². The van der Waals surface area contributed by atoms with Crippen molar-refractivity contribution in [2.24, 2.45) is 0 Å². The molecule has 2 heteroatoms. The third-order valence-electron chi connectivity index (χ3n) is 14.9. The van der Waals surface area contributed by atoms with Gasteiger partial charge in [0, 0.05) is 38.4 Å². The van der Waals surface area contributed by atoms with Crippen molar-refractivity contribution in [2.45, 2.75) is 24.7 Å². The number of para-hydroxylation sites is 2. The van der Waals surface area contributed by atoms with Gasteiger partial charge >= 0.3 is 0 Å². The van der Waals surface area contributed by atoms with Gasteiger partial charge in [-0.1, -0.05) is 196 Å². The van der Waals surface area contributed by atoms with Crippen LogP contribution in [0.25, 0.3) is 77.2 Å². The summed E-state index contributed by atoms with van der Waals surface area (Å²) in [6.45, 7) is 4.79. The lowest BCUT2D eigenvalue weighted by molar-refractivity contribution is 0.660. The van der Waals surface area contributed by atoms with Crippen LogP contribution < -0.4 is 4.90 Å². The lowest BCUT2D eigenvalue weighted by Gasteiger charge is -2.35. The van der Waals surface area contributed by atoms with Crippen LogP contribution in [0.4, 0.5) is 17.1 Å². The molecule has 3 aliphatic carbocycles. The number of nitrogens with zero attached hydrogens (tertiary/aromatic N) is 1. The molecule has 0 amide bonds. The fourth-order valence-electron chi connectivity index (χ4n) is 12.3. The van der Waals surface area contributed by atoms with Crippen molar-refractivity contribution < 1.29 is 4.42 Å². The molecule has 0 radical (unpaired) electrons. The van der Waals surface area contributed by atoms with Crippen LogP contribution in [-0.2, 0) is 10.8 Å². The predicted octanol–water partition coefficient (Wildman–Crippen LogP) is 16.5. The first-order chi connectivity index (χ1) is 31.5. The third kappa shape index (κ3) is 4.49. The van der Waals surface area contributed by atoms with Gasteiger partial charge in [-0.2, -0.15) is 0 Å². The molecule has 64 heavy (non-hydrogen) atoms. The molecule has 0 saturated carbocycles. The first-order valence-corrected chi connectivity index (χ1v) is 22.4. The molecule has 0 atom stereocenters. The highest BCUT2D eigenvalue weighted by Gasteiger charge is 2.52. The molecule has 2 nitrogen and oxygen atoms in total. The van der Waals surface area contributed by atoms with Crippen LogP contribution in [0.1, 0.15) is 47.2 Å². The standard InChI is InChI=1S/C62H41NO/c1-61(2)51-27-10-5-22-44(51)47-24-16-32-57(58(47)61)63(56-31-14-9-23-46(56)48-25-15-26-49-50-35-33-38-17-3-4-18-40(38)59(50)64-60(48)49)39-34-36-45-43-21-8-13-30-54(43)62(55(45)37-39)52-28-11-6-19-41(52)42-20-7-12-29-53(42)62/h3-37H,1-2H3. The Morgan fingerprint density at radius 2 is 0.844 bits per heavy atom. The Morgan fingerprint density at radius 3 is 1.56 bits per heavy atom. The Morgan fingerprint density at radius 1 is 0.344 bits per heavy atom. The van der Waals surface area contributed by atoms with E-state index in [1.807, 2.05) is 0 Å². The Bertz CT molecular complexity index is 3730. The molecule has 10 aromatic carbocycles. The number of rotatable bonds is 4. The van der Waals surface area contributed by atoms with E-state index in [-0.39, 0.29) is 5.41 Å². The summed E-state index contributed by atoms with van der Waals surface area (Å²) in [4.78, 5) is 2.56. The fourth-order valence-corrected chi connectivity index (χ4v) is 12.3. The van der Waals surface area contributed by atoms with E-state index in [0.29, 0.717) is 0 Å². The van der Waals surface area contributed by atoms with Crippen LogP contribution in [-0.4, -0.2) is 0 Å². The summed E-state index contributed by atoms with van der Waals surface area (Å²) in [5, 5.41) is 4.55. The second-order valence-corrected chi connectivity index (χ2v) is 18.3. The van der Waals surface area contributed by atoms with Gasteiger partial charge in [0.2, 0.25) is 0 Å². The number of fused-ring (bicyclic) bond motifs is 18. The van der Waals surface area contributed by atoms with E-state index in [2.05, 4.69) is 231 Å². The molecule has 0 bridgehead atoms. The molecule has 300 valence electrons. The summed E-state index contributed by atoms with van der Waals surface area (Å²) in [7, 11) is 0. The fraction of sp³-hybridized carbons (Fsp3) is 0.0645. The van der Waals surface area contributed by atoms with Crippen molar-refractivity contribution in [2.75, 3.05) is 4.90 Å². The molecule has 0 saturated heterocycles. The monoisotopic (exact) mass is 815 g/mol. The molecule has 14 rings (SSSR count). The average molecular weight is 816 g/mol. The lowest BCUT2D eigenvalue weighted by Crippen LogP contribution is -2.26. The van der Waals surface area contributed by atoms with Crippen LogP contribution in [0.5, 0.6) is 0 Å². The number of hydrogen-bond acceptors (Lipinski definition) is 2. The maximum atomic E-state index is 7.05. The minimum Gasteiger partial charge on any atom is -0.455 e. The normalized spacial score (nSPS) is 14.3. The summed E-state index contributed by atoms with van der Waals surface area (Å²) in [6.07, 6.45) is 0. The SMILES string of the molecule is CC1(C)c2ccccc2-c2cccc(N(c3ccc4c(c3)C3(c5ccccc5-c5ccccc53)c3ccccc3-4)c3ccccc3-c3cccc4c3oc3c5ccccc5ccc43)c21. The van der Waals surface area contributed by atoms with Crippen LogP contribution in [0, 0.1) is 0 Å². The third-order valence-corrected chi connectivity index (χ3v) is 14.9. The van der Waals surface area contributed by atoms with E-state index < -0.39 is 5.41 Å². The van der Waals surface area contributed by atoms with E-state index in [1.165, 1.54) is 77.8 Å². The van der Waals surface area contributed by atoms with Crippen molar-refractivity contribution in [3.05, 3.63) is 246 Å². The Kier molecular flexibility index (Phi) is 7.13. The zero-order valence-electron chi connectivity index (χ0n) is 35.6. The Labute approximate surface area is 372 Å². The van der Waals surface area contributed by atoms with E-state index in [0.717, 1.165) is 49.8 Å². The van der Waals surface area contributed by atoms with Gasteiger partial charge in [0.05, 0.1) is 16.8 Å². The largest absolute Gasteiger partial charge is 0.455 e. The Balaban J connectivity index is 1.07. The van der Waals surface area contributed by atoms with Gasteiger partial charge in [-0.15, -0.1) is 0 Å². The number of benzene rings is 10. The van der Waals surface area contributed by atoms with Crippen molar-refractivity contribution >= 4 is 49.8 Å². The van der Waals surface area contributed by atoms with E-state index in [4.69, 9.17) is 4.42 Å². The zero-order chi connectivity index (χ0) is 42.3. The van der Waals surface area contributed by atoms with Gasteiger partial charge in [0.25, 0.3) is 0 Å². The van der Waals surface area contributed by atoms with Crippen LogP contribution in [0.2, 0.25) is 0 Å². The minimum atomic E-state index is -0.475. The second-order valence-electron chi connectivity index (χ2n) is 18.3. The Hall–Kier alpha value is -7.94. The summed E-state index contributed by atoms with van der Waals surface area (Å²) >= 11 is 0. The van der Waals surface area contributed by atoms with Gasteiger partial charge in [-0.3, -0.25) is 0 Å². The highest BCUT2D eigenvalue weighted by molar-refractivity contribution is 6.18. The smallest absolute Gasteiger partial charge is 0.143 e. The quantitative estimate of drug-likeness (QED) is 0.176. The summed E-state index contributed by atoms with van der Waals surface area (Å²) in [5.41, 5.74) is 22.4. The maximum Gasteiger partial charge on any atom is 0.143 e. The topological polar surface area (TPSA) is 16.4 Å². The van der Waals surface area contributed by atoms with Gasteiger partial charge in [0.1, 0.15) is 11.2 Å². The molecular weight excluding hydrogens is 775 g/mol. The van der Waals surface area contributed by atoms with Gasteiger partial charge in [-0.25, -0.2) is 0 Å². The summed E-state index contributed by atoms with van der Waals surface area (Å²) in [5.74, 6) is 0. The van der Waals surface area contributed by atoms with E-state index in [1.54, 1.807) is 0 Å². The lowest BCUT2D eigenvalue weighted by atomic mass is 9.70. The molecule has 0 fully saturated rings. The summed E-state index contributed by atoms with van der Waals surface area (Å²) < 4.78 is 7.05. The highest BCUT2D eigenvalue weighted by atomic mass is 16.3. The molecule has 1 spiro atoms. The predicted molar refractivity (Wildman–Crippen MR) is 265 cm³/mol. The van der Waals surface area contributed by atoms with Crippen molar-refractivity contribution in [1.29, 1.82) is 0 Å². The van der Waals surface area contributed by atoms with Gasteiger partial charge in [-0.05, 0) is 102 Å². The first-order valence-electron chi connectivity index (χ1n) is 22.4. The number of anilines is 3. The molecule has 11 aromatic rings. The van der Waals surface area contributed by atoms with E-state index in [9.17, 15) is 0 Å². The van der Waals surface area contributed by atoms with Gasteiger partial charge in [0.15, 0.2) is 0 Å². The zero-order valence-corrected chi connectivity index (χ0v) is 35.6. The van der Waals surface area contributed by atoms with Crippen molar-refractivity contribution in [3.8, 4) is 44.5 Å². The number of furan rings is 1. The average Bonchev–Trinajstić information content (AvgIpc) is 4.04. The first kappa shape index (κ1) is 35.6. The molecule has 1 aromatic heterocycles. The molecule has 1 heterocycles. The van der Waals surface area contributed by atoms with Crippen LogP contribution >= 0.6 is 0 Å². The van der Waals surface area contributed by atoms with Gasteiger partial charge < -0.3 is 9.32 Å². The highest BCUT2D eigenvalue weighted by Crippen LogP contribution is 2.64. The molecule has 0 aliphatic heterocycles. The molecule has 0 unspecified atom stereocenters. The van der Waals surface area contributed by atoms with Crippen molar-refractivity contribution in [3.63, 3.8) is 0 Å². The molecule has 3 aliphatic rings. The maximum absolute atomic E-state index is 7.05. The summed E-state index contributed by atoms with van der Waals surface area (Å²) in [6, 6.07) is 78.9. The van der Waals surface area contributed by atoms with Crippen LogP contribution in [0.3, 0.4) is 0 Å². The number of hydrogen-bond donors (Lipinski definition) is 0. The molecule has 0 N–H and O–H groups in total.